The number of pyridine rings is 2. The summed E-state index contributed by atoms with van der Waals surface area (Å²) in [5, 5.41) is 5.70. The van der Waals surface area contributed by atoms with Crippen LogP contribution in [-0.4, -0.2) is 56.6 Å². The lowest BCUT2D eigenvalue weighted by Crippen LogP contribution is -2.30. The van der Waals surface area contributed by atoms with Gasteiger partial charge in [-0.3, -0.25) is 4.79 Å². The maximum absolute atomic E-state index is 13.7. The molecular weight excluding hydrogens is 563 g/mol. The first-order chi connectivity index (χ1) is 19.5. The molecule has 1 aliphatic rings. The summed E-state index contributed by atoms with van der Waals surface area (Å²) in [6.07, 6.45) is 0.228. The predicted octanol–water partition coefficient (Wildman–Crippen LogP) is 6.00. The first-order valence-electron chi connectivity index (χ1n) is 12.7. The number of carbonyl (C=O) groups excluding carboxylic acids is 1. The van der Waals surface area contributed by atoms with Crippen LogP contribution < -0.4 is 20.1 Å². The maximum atomic E-state index is 13.7. The summed E-state index contributed by atoms with van der Waals surface area (Å²) < 4.78 is 54.4. The van der Waals surface area contributed by atoms with E-state index in [0.717, 1.165) is 31.5 Å². The highest BCUT2D eigenvalue weighted by Gasteiger charge is 2.32. The molecule has 0 aliphatic carbocycles. The molecule has 41 heavy (non-hydrogen) atoms. The van der Waals surface area contributed by atoms with Gasteiger partial charge in [-0.2, -0.15) is 18.2 Å². The van der Waals surface area contributed by atoms with Crippen molar-refractivity contribution in [1.82, 2.24) is 24.4 Å². The lowest BCUT2D eigenvalue weighted by atomic mass is 10.1. The number of fused-ring (bicyclic) bond motifs is 1. The number of benzene rings is 1. The van der Waals surface area contributed by atoms with Crippen LogP contribution in [0.25, 0.3) is 11.2 Å². The lowest BCUT2D eigenvalue weighted by Gasteiger charge is -2.20. The van der Waals surface area contributed by atoms with E-state index in [0.29, 0.717) is 17.1 Å². The number of aryl methyl sites for hydroxylation is 1. The molecule has 1 amide bonds. The zero-order valence-electron chi connectivity index (χ0n) is 22.4. The minimum atomic E-state index is -4.57. The van der Waals surface area contributed by atoms with Crippen LogP contribution in [0.3, 0.4) is 0 Å². The fraction of sp³-hybridized carbons (Fsp3) is 0.333. The maximum Gasteiger partial charge on any atom is 0.416 e. The second-order valence-electron chi connectivity index (χ2n) is 9.72. The Balaban J connectivity index is 1.41. The van der Waals surface area contributed by atoms with Crippen molar-refractivity contribution in [3.8, 4) is 17.2 Å². The molecule has 4 aromatic rings. The quantitative estimate of drug-likeness (QED) is 0.258. The van der Waals surface area contributed by atoms with E-state index in [1.807, 2.05) is 7.05 Å². The number of likely N-dealkylation sites (N-methyl/N-ethyl adjacent to an activating group) is 1. The average Bonchev–Trinajstić information content (AvgIpc) is 3.46. The van der Waals surface area contributed by atoms with Crippen molar-refractivity contribution in [2.75, 3.05) is 30.8 Å². The number of hydrogen-bond acceptors (Lipinski definition) is 8. The number of anilines is 3. The molecule has 3 aromatic heterocycles. The molecule has 0 radical (unpaired) electrons. The van der Waals surface area contributed by atoms with Gasteiger partial charge in [0.15, 0.2) is 11.4 Å². The van der Waals surface area contributed by atoms with E-state index in [9.17, 15) is 18.0 Å². The molecule has 4 heterocycles. The highest BCUT2D eigenvalue weighted by atomic mass is 35.5. The van der Waals surface area contributed by atoms with Crippen LogP contribution in [0.15, 0.2) is 42.7 Å². The second kappa shape index (κ2) is 11.4. The van der Waals surface area contributed by atoms with Crippen LogP contribution in [0.5, 0.6) is 17.2 Å². The first-order valence-corrected chi connectivity index (χ1v) is 13.1. The number of nitrogens with zero attached hydrogens (tertiary/aromatic N) is 5. The molecule has 1 unspecified atom stereocenters. The van der Waals surface area contributed by atoms with Gasteiger partial charge in [0, 0.05) is 44.0 Å². The van der Waals surface area contributed by atoms with E-state index in [4.69, 9.17) is 21.1 Å². The molecule has 1 aromatic carbocycles. The normalized spacial score (nSPS) is 15.7. The average molecular weight is 590 g/mol. The summed E-state index contributed by atoms with van der Waals surface area (Å²) in [5.41, 5.74) is -0.0500. The molecule has 0 saturated carbocycles. The second-order valence-corrected chi connectivity index (χ2v) is 10.1. The summed E-state index contributed by atoms with van der Waals surface area (Å²) in [6, 6.07) is 6.75. The van der Waals surface area contributed by atoms with Crippen molar-refractivity contribution >= 4 is 46.1 Å². The predicted molar refractivity (Wildman–Crippen MR) is 148 cm³/mol. The molecule has 0 spiro atoms. The van der Waals surface area contributed by atoms with Crippen LogP contribution >= 0.6 is 11.6 Å². The minimum absolute atomic E-state index is 0.101. The Morgan fingerprint density at radius 3 is 2.68 bits per heavy atom. The Bertz CT molecular complexity index is 1590. The van der Waals surface area contributed by atoms with E-state index in [-0.39, 0.29) is 52.4 Å². The molecule has 0 bridgehead atoms. The summed E-state index contributed by atoms with van der Waals surface area (Å²) in [7, 11) is 3.62. The summed E-state index contributed by atoms with van der Waals surface area (Å²) >= 11 is 6.65. The first kappa shape index (κ1) is 28.4. The van der Waals surface area contributed by atoms with Gasteiger partial charge in [-0.25, -0.2) is 9.97 Å². The highest BCUT2D eigenvalue weighted by molar-refractivity contribution is 6.36. The zero-order chi connectivity index (χ0) is 29.3. The largest absolute Gasteiger partial charge is 0.492 e. The Hall–Kier alpha value is -4.10. The van der Waals surface area contributed by atoms with Crippen molar-refractivity contribution < 1.29 is 27.4 Å². The number of aromatic nitrogens is 4. The van der Waals surface area contributed by atoms with Crippen LogP contribution in [0.1, 0.15) is 25.3 Å². The fourth-order valence-corrected chi connectivity index (χ4v) is 4.87. The monoisotopic (exact) mass is 589 g/mol. The molecule has 216 valence electrons. The van der Waals surface area contributed by atoms with Gasteiger partial charge in [0.2, 0.25) is 11.9 Å². The zero-order valence-corrected chi connectivity index (χ0v) is 23.2. The van der Waals surface area contributed by atoms with Crippen molar-refractivity contribution in [2.45, 2.75) is 32.0 Å². The van der Waals surface area contributed by atoms with Gasteiger partial charge >= 0.3 is 6.18 Å². The van der Waals surface area contributed by atoms with Gasteiger partial charge in [0.1, 0.15) is 34.5 Å². The van der Waals surface area contributed by atoms with Crippen LogP contribution in [-0.2, 0) is 18.0 Å². The number of carbonyl (C=O) groups is 1. The summed E-state index contributed by atoms with van der Waals surface area (Å²) in [5.74, 6) is 0.889. The van der Waals surface area contributed by atoms with E-state index >= 15 is 0 Å². The SMILES string of the molecule is CC(=O)Nc1cc(Oc2cnc3nc(Nc4cc(OCC5CCCN5C)cc(C(F)(F)F)c4)n(C)c3c2Cl)ccn1. The molecular formula is C27H27ClF3N7O3. The van der Waals surface area contributed by atoms with Gasteiger partial charge in [0.05, 0.1) is 11.8 Å². The number of alkyl halides is 3. The van der Waals surface area contributed by atoms with E-state index in [1.54, 1.807) is 17.7 Å². The van der Waals surface area contributed by atoms with E-state index in [2.05, 4.69) is 30.5 Å². The molecule has 14 heteroatoms. The van der Waals surface area contributed by atoms with Crippen LogP contribution in [0, 0.1) is 0 Å². The molecule has 1 saturated heterocycles. The van der Waals surface area contributed by atoms with Crippen LogP contribution in [0.4, 0.5) is 30.6 Å². The molecule has 2 N–H and O–H groups in total. The highest BCUT2D eigenvalue weighted by Crippen LogP contribution is 2.38. The van der Waals surface area contributed by atoms with Gasteiger partial charge in [-0.05, 0) is 44.6 Å². The van der Waals surface area contributed by atoms with Crippen molar-refractivity contribution in [2.24, 2.45) is 7.05 Å². The molecule has 1 aliphatic heterocycles. The Kier molecular flexibility index (Phi) is 7.91. The lowest BCUT2D eigenvalue weighted by molar-refractivity contribution is -0.137. The van der Waals surface area contributed by atoms with E-state index < -0.39 is 11.7 Å². The Morgan fingerprint density at radius 2 is 1.98 bits per heavy atom. The topological polar surface area (TPSA) is 106 Å². The number of imidazole rings is 1. The molecule has 1 fully saturated rings. The van der Waals surface area contributed by atoms with Gasteiger partial charge in [0.25, 0.3) is 0 Å². The third kappa shape index (κ3) is 6.46. The molecule has 5 rings (SSSR count). The number of likely N-dealkylation sites (tertiary alicyclic amines) is 1. The number of hydrogen-bond donors (Lipinski definition) is 2. The number of amides is 1. The van der Waals surface area contributed by atoms with Crippen LogP contribution in [0.2, 0.25) is 5.02 Å². The summed E-state index contributed by atoms with van der Waals surface area (Å²) in [6.45, 7) is 2.58. The summed E-state index contributed by atoms with van der Waals surface area (Å²) in [4.78, 5) is 26.3. The standard InChI is InChI=1S/C27H27ClF3N7O3/c1-15(39)34-22-12-19(6-7-32-22)41-21-13-33-25-24(23(21)28)38(3)26(36-25)35-17-9-16(27(29,30)31)10-20(11-17)40-14-18-5-4-8-37(18)2/h6-7,9-13,18H,4-5,8,14H2,1-3H3,(H,32,34,39)(H,33,35,36). The third-order valence-electron chi connectivity index (χ3n) is 6.67. The number of ether oxygens (including phenoxy) is 2. The van der Waals surface area contributed by atoms with Crippen molar-refractivity contribution in [1.29, 1.82) is 0 Å². The Morgan fingerprint density at radius 1 is 1.17 bits per heavy atom. The minimum Gasteiger partial charge on any atom is -0.492 e. The number of nitrogens with one attached hydrogen (secondary N) is 2. The van der Waals surface area contributed by atoms with Gasteiger partial charge < -0.3 is 29.6 Å². The third-order valence-corrected chi connectivity index (χ3v) is 7.04. The van der Waals surface area contributed by atoms with Gasteiger partial charge in [-0.15, -0.1) is 0 Å². The van der Waals surface area contributed by atoms with Crippen molar-refractivity contribution in [3.63, 3.8) is 0 Å². The van der Waals surface area contributed by atoms with Crippen molar-refractivity contribution in [3.05, 3.63) is 53.3 Å². The molecule has 1 atom stereocenters. The smallest absolute Gasteiger partial charge is 0.416 e. The number of halogens is 4. The van der Waals surface area contributed by atoms with Gasteiger partial charge in [-0.1, -0.05) is 11.6 Å². The number of rotatable bonds is 8. The fourth-order valence-electron chi connectivity index (χ4n) is 4.58. The molecule has 10 nitrogen and oxygen atoms in total. The van der Waals surface area contributed by atoms with E-state index in [1.165, 1.54) is 31.5 Å². The Labute approximate surface area is 238 Å².